The van der Waals surface area contributed by atoms with Gasteiger partial charge in [0.1, 0.15) is 11.6 Å². The van der Waals surface area contributed by atoms with Crippen LogP contribution < -0.4 is 4.72 Å². The second kappa shape index (κ2) is 7.81. The summed E-state index contributed by atoms with van der Waals surface area (Å²) in [5.74, 6) is -3.58. The zero-order valence-electron chi connectivity index (χ0n) is 14.9. The minimum absolute atomic E-state index is 0.141. The van der Waals surface area contributed by atoms with Gasteiger partial charge in [-0.25, -0.2) is 34.7 Å². The quantitative estimate of drug-likeness (QED) is 0.695. The fraction of sp³-hybridized carbons (Fsp3) is 0.188. The van der Waals surface area contributed by atoms with Crippen LogP contribution in [0.2, 0.25) is 0 Å². The molecule has 0 bridgehead atoms. The third-order valence-electron chi connectivity index (χ3n) is 3.62. The van der Waals surface area contributed by atoms with Crippen LogP contribution in [0.1, 0.15) is 10.4 Å². The molecule has 0 radical (unpaired) electrons. The predicted octanol–water partition coefficient (Wildman–Crippen LogP) is 1.80. The summed E-state index contributed by atoms with van der Waals surface area (Å²) in [7, 11) is -4.50. The minimum atomic E-state index is -4.35. The lowest BCUT2D eigenvalue weighted by Gasteiger charge is -2.13. The van der Waals surface area contributed by atoms with Crippen molar-refractivity contribution in [3.63, 3.8) is 0 Å². The summed E-state index contributed by atoms with van der Waals surface area (Å²) in [6.07, 6.45) is 0. The van der Waals surface area contributed by atoms with Gasteiger partial charge in [-0.05, 0) is 30.3 Å². The SMILES string of the molecule is COC(=O)c1cc(NS(=O)(=O)c2ccc(S(=O)(=O)N(C)C)cc2)c(F)cc1F. The maximum absolute atomic E-state index is 13.9. The highest BCUT2D eigenvalue weighted by Crippen LogP contribution is 2.24. The molecule has 2 aromatic carbocycles. The van der Waals surface area contributed by atoms with E-state index in [0.717, 1.165) is 35.7 Å². The van der Waals surface area contributed by atoms with E-state index in [1.807, 2.05) is 4.72 Å². The molecule has 0 atom stereocenters. The summed E-state index contributed by atoms with van der Waals surface area (Å²) in [4.78, 5) is 11.0. The number of hydrogen-bond acceptors (Lipinski definition) is 6. The molecule has 12 heteroatoms. The molecule has 2 aromatic rings. The van der Waals surface area contributed by atoms with Gasteiger partial charge < -0.3 is 4.74 Å². The summed E-state index contributed by atoms with van der Waals surface area (Å²) in [6, 6.07) is 5.19. The van der Waals surface area contributed by atoms with E-state index in [4.69, 9.17) is 0 Å². The average molecular weight is 434 g/mol. The van der Waals surface area contributed by atoms with Crippen LogP contribution >= 0.6 is 0 Å². The number of carbonyl (C=O) groups excluding carboxylic acids is 1. The van der Waals surface area contributed by atoms with Gasteiger partial charge in [0.15, 0.2) is 0 Å². The summed E-state index contributed by atoms with van der Waals surface area (Å²) >= 11 is 0. The fourth-order valence-corrected chi connectivity index (χ4v) is 4.06. The lowest BCUT2D eigenvalue weighted by atomic mass is 10.2. The molecule has 0 fully saturated rings. The monoisotopic (exact) mass is 434 g/mol. The van der Waals surface area contributed by atoms with Gasteiger partial charge in [0.2, 0.25) is 10.0 Å². The summed E-state index contributed by atoms with van der Waals surface area (Å²) in [5.41, 5.74) is -1.33. The first-order valence-corrected chi connectivity index (χ1v) is 10.4. The molecule has 0 saturated carbocycles. The number of hydrogen-bond donors (Lipinski definition) is 1. The summed E-state index contributed by atoms with van der Waals surface area (Å²) in [6.45, 7) is 0. The first kappa shape index (κ1) is 21.7. The molecular formula is C16H16F2N2O6S2. The number of anilines is 1. The Morgan fingerprint density at radius 1 is 0.964 bits per heavy atom. The number of halogens is 2. The Balaban J connectivity index is 2.41. The lowest BCUT2D eigenvalue weighted by Crippen LogP contribution is -2.22. The van der Waals surface area contributed by atoms with Crippen LogP contribution in [0.15, 0.2) is 46.2 Å². The molecule has 2 rings (SSSR count). The number of esters is 1. The van der Waals surface area contributed by atoms with Crippen molar-refractivity contribution in [3.05, 3.63) is 53.6 Å². The van der Waals surface area contributed by atoms with Gasteiger partial charge in [-0.15, -0.1) is 0 Å². The standard InChI is InChI=1S/C16H16F2N2O6S2/c1-20(2)28(24,25)11-6-4-10(5-7-11)27(22,23)19-15-8-12(16(21)26-3)13(17)9-14(15)18/h4-9,19H,1-3H3. The molecule has 0 aliphatic heterocycles. The number of benzene rings is 2. The second-order valence-corrected chi connectivity index (χ2v) is 9.50. The minimum Gasteiger partial charge on any atom is -0.465 e. The summed E-state index contributed by atoms with van der Waals surface area (Å²) in [5, 5.41) is 0. The summed E-state index contributed by atoms with van der Waals surface area (Å²) < 4.78 is 83.7. The molecule has 0 aliphatic rings. The third-order valence-corrected chi connectivity index (χ3v) is 6.83. The molecule has 1 N–H and O–H groups in total. The van der Waals surface area contributed by atoms with E-state index in [1.165, 1.54) is 14.1 Å². The predicted molar refractivity (Wildman–Crippen MR) is 95.8 cm³/mol. The number of methoxy groups -OCH3 is 1. The van der Waals surface area contributed by atoms with Gasteiger partial charge in [0, 0.05) is 20.2 Å². The van der Waals surface area contributed by atoms with E-state index in [-0.39, 0.29) is 9.79 Å². The Morgan fingerprint density at radius 3 is 2.00 bits per heavy atom. The second-order valence-electron chi connectivity index (χ2n) is 5.67. The highest BCUT2D eigenvalue weighted by Gasteiger charge is 2.23. The van der Waals surface area contributed by atoms with Crippen LogP contribution in [0.5, 0.6) is 0 Å². The van der Waals surface area contributed by atoms with Gasteiger partial charge >= 0.3 is 5.97 Å². The Morgan fingerprint density at radius 2 is 1.50 bits per heavy atom. The van der Waals surface area contributed by atoms with E-state index >= 15 is 0 Å². The van der Waals surface area contributed by atoms with Gasteiger partial charge in [0.25, 0.3) is 10.0 Å². The van der Waals surface area contributed by atoms with E-state index < -0.39 is 48.9 Å². The molecule has 152 valence electrons. The Kier molecular flexibility index (Phi) is 6.06. The van der Waals surface area contributed by atoms with Crippen LogP contribution in [0.3, 0.4) is 0 Å². The fourth-order valence-electron chi connectivity index (χ4n) is 2.10. The van der Waals surface area contributed by atoms with Crippen LogP contribution in [0, 0.1) is 11.6 Å². The van der Waals surface area contributed by atoms with Crippen molar-refractivity contribution < 1.29 is 35.1 Å². The van der Waals surface area contributed by atoms with Crippen LogP contribution in [-0.4, -0.2) is 48.3 Å². The molecule has 0 saturated heterocycles. The maximum Gasteiger partial charge on any atom is 0.340 e. The number of ether oxygens (including phenoxy) is 1. The average Bonchev–Trinajstić information content (AvgIpc) is 2.63. The Hall–Kier alpha value is -2.57. The van der Waals surface area contributed by atoms with Crippen molar-refractivity contribution in [3.8, 4) is 0 Å². The first-order valence-electron chi connectivity index (χ1n) is 7.53. The number of nitrogens with zero attached hydrogens (tertiary/aromatic N) is 1. The number of nitrogens with one attached hydrogen (secondary N) is 1. The van der Waals surface area contributed by atoms with Crippen molar-refractivity contribution in [2.45, 2.75) is 9.79 Å². The smallest absolute Gasteiger partial charge is 0.340 e. The molecule has 0 aromatic heterocycles. The zero-order valence-corrected chi connectivity index (χ0v) is 16.6. The van der Waals surface area contributed by atoms with Crippen molar-refractivity contribution in [2.24, 2.45) is 0 Å². The van der Waals surface area contributed by atoms with Gasteiger partial charge in [-0.1, -0.05) is 0 Å². The third kappa shape index (κ3) is 4.29. The van der Waals surface area contributed by atoms with Crippen molar-refractivity contribution in [1.82, 2.24) is 4.31 Å². The topological polar surface area (TPSA) is 110 Å². The van der Waals surface area contributed by atoms with Crippen LogP contribution in [0.25, 0.3) is 0 Å². The zero-order chi connectivity index (χ0) is 21.3. The van der Waals surface area contributed by atoms with Crippen molar-refractivity contribution in [2.75, 3.05) is 25.9 Å². The number of rotatable bonds is 6. The van der Waals surface area contributed by atoms with Crippen molar-refractivity contribution in [1.29, 1.82) is 0 Å². The molecule has 0 aliphatic carbocycles. The molecule has 8 nitrogen and oxygen atoms in total. The highest BCUT2D eigenvalue weighted by atomic mass is 32.2. The molecular weight excluding hydrogens is 418 g/mol. The van der Waals surface area contributed by atoms with Gasteiger partial charge in [0.05, 0.1) is 28.2 Å². The van der Waals surface area contributed by atoms with E-state index in [9.17, 15) is 30.4 Å². The number of sulfonamides is 2. The largest absolute Gasteiger partial charge is 0.465 e. The molecule has 28 heavy (non-hydrogen) atoms. The molecule has 0 unspecified atom stereocenters. The molecule has 0 amide bonds. The molecule has 0 spiro atoms. The van der Waals surface area contributed by atoms with Gasteiger partial charge in [-0.3, -0.25) is 4.72 Å². The first-order chi connectivity index (χ1) is 12.9. The molecule has 0 heterocycles. The Labute approximate surface area is 160 Å². The Bertz CT molecular complexity index is 1110. The van der Waals surface area contributed by atoms with E-state index in [1.54, 1.807) is 0 Å². The van der Waals surface area contributed by atoms with E-state index in [0.29, 0.717) is 12.1 Å². The lowest BCUT2D eigenvalue weighted by molar-refractivity contribution is 0.0595. The maximum atomic E-state index is 13.9. The normalized spacial score (nSPS) is 12.1. The van der Waals surface area contributed by atoms with Crippen LogP contribution in [0.4, 0.5) is 14.5 Å². The number of carbonyl (C=O) groups is 1. The van der Waals surface area contributed by atoms with Gasteiger partial charge in [-0.2, -0.15) is 0 Å². The van der Waals surface area contributed by atoms with E-state index in [2.05, 4.69) is 4.74 Å². The van der Waals surface area contributed by atoms with Crippen LogP contribution in [-0.2, 0) is 24.8 Å². The highest BCUT2D eigenvalue weighted by molar-refractivity contribution is 7.92. The van der Waals surface area contributed by atoms with Crippen molar-refractivity contribution >= 4 is 31.7 Å².